The third-order valence-electron chi connectivity index (χ3n) is 5.36. The van der Waals surface area contributed by atoms with Gasteiger partial charge in [-0.05, 0) is 36.6 Å². The summed E-state index contributed by atoms with van der Waals surface area (Å²) in [5, 5.41) is 5.30. The van der Waals surface area contributed by atoms with Crippen LogP contribution < -0.4 is 10.6 Å². The van der Waals surface area contributed by atoms with Crippen molar-refractivity contribution in [1.29, 1.82) is 0 Å². The van der Waals surface area contributed by atoms with Crippen LogP contribution in [0.25, 0.3) is 0 Å². The van der Waals surface area contributed by atoms with Gasteiger partial charge in [0.15, 0.2) is 0 Å². The lowest BCUT2D eigenvalue weighted by atomic mass is 9.96. The van der Waals surface area contributed by atoms with Crippen LogP contribution in [0.4, 0.5) is 5.69 Å². The molecule has 32 heavy (non-hydrogen) atoms. The first-order chi connectivity index (χ1) is 15.5. The van der Waals surface area contributed by atoms with Gasteiger partial charge in [0.1, 0.15) is 6.54 Å². The number of likely N-dealkylation sites (tertiary alicyclic amines) is 1. The van der Waals surface area contributed by atoms with Crippen LogP contribution in [0.2, 0.25) is 0 Å². The van der Waals surface area contributed by atoms with Gasteiger partial charge in [0, 0.05) is 24.3 Å². The van der Waals surface area contributed by atoms with Gasteiger partial charge in [0.25, 0.3) is 5.91 Å². The number of nitrogens with one attached hydrogen (secondary N) is 2. The SMILES string of the molecule is COC(=O)CNC(=O)c1cccc(NC(=O)C2CCCN(C(=O)Cc3ccccc3)C2)c1. The summed E-state index contributed by atoms with van der Waals surface area (Å²) in [4.78, 5) is 50.6. The molecule has 0 aromatic heterocycles. The number of piperidine rings is 1. The van der Waals surface area contributed by atoms with Crippen molar-refractivity contribution in [3.05, 3.63) is 65.7 Å². The molecule has 0 bridgehead atoms. The summed E-state index contributed by atoms with van der Waals surface area (Å²) in [5.41, 5.74) is 1.75. The minimum atomic E-state index is -0.550. The Morgan fingerprint density at radius 3 is 2.59 bits per heavy atom. The van der Waals surface area contributed by atoms with E-state index < -0.39 is 11.9 Å². The molecule has 1 saturated heterocycles. The lowest BCUT2D eigenvalue weighted by Crippen LogP contribution is -2.44. The Morgan fingerprint density at radius 2 is 1.84 bits per heavy atom. The maximum absolute atomic E-state index is 12.8. The van der Waals surface area contributed by atoms with Crippen molar-refractivity contribution in [2.45, 2.75) is 19.3 Å². The molecule has 0 aliphatic carbocycles. The minimum Gasteiger partial charge on any atom is -0.468 e. The summed E-state index contributed by atoms with van der Waals surface area (Å²) in [6, 6.07) is 16.0. The largest absolute Gasteiger partial charge is 0.468 e. The van der Waals surface area contributed by atoms with Crippen LogP contribution in [0.15, 0.2) is 54.6 Å². The molecule has 1 fully saturated rings. The first kappa shape index (κ1) is 23.0. The molecule has 2 aromatic rings. The van der Waals surface area contributed by atoms with E-state index in [4.69, 9.17) is 0 Å². The Morgan fingerprint density at radius 1 is 1.06 bits per heavy atom. The smallest absolute Gasteiger partial charge is 0.325 e. The number of benzene rings is 2. The maximum Gasteiger partial charge on any atom is 0.325 e. The monoisotopic (exact) mass is 437 g/mol. The van der Waals surface area contributed by atoms with Gasteiger partial charge in [-0.1, -0.05) is 36.4 Å². The number of nitrogens with zero attached hydrogens (tertiary/aromatic N) is 1. The second-order valence-electron chi connectivity index (χ2n) is 7.67. The fourth-order valence-corrected chi connectivity index (χ4v) is 3.61. The highest BCUT2D eigenvalue weighted by Gasteiger charge is 2.28. The fourth-order valence-electron chi connectivity index (χ4n) is 3.61. The zero-order chi connectivity index (χ0) is 22.9. The molecule has 1 unspecified atom stereocenters. The van der Waals surface area contributed by atoms with E-state index in [2.05, 4.69) is 15.4 Å². The van der Waals surface area contributed by atoms with Gasteiger partial charge in [-0.15, -0.1) is 0 Å². The van der Waals surface area contributed by atoms with Gasteiger partial charge in [-0.2, -0.15) is 0 Å². The molecular formula is C24H27N3O5. The normalized spacial score (nSPS) is 15.5. The lowest BCUT2D eigenvalue weighted by Gasteiger charge is -2.32. The maximum atomic E-state index is 12.8. The average molecular weight is 437 g/mol. The van der Waals surface area contributed by atoms with Gasteiger partial charge in [-0.25, -0.2) is 0 Å². The highest BCUT2D eigenvalue weighted by Crippen LogP contribution is 2.20. The lowest BCUT2D eigenvalue weighted by molar-refractivity contribution is -0.139. The molecule has 1 atom stereocenters. The molecule has 3 amide bonds. The number of esters is 1. The summed E-state index contributed by atoms with van der Waals surface area (Å²) in [6.07, 6.45) is 1.77. The Hall–Kier alpha value is -3.68. The van der Waals surface area contributed by atoms with Crippen LogP contribution in [0.1, 0.15) is 28.8 Å². The summed E-state index contributed by atoms with van der Waals surface area (Å²) in [5.74, 6) is -1.49. The zero-order valence-corrected chi connectivity index (χ0v) is 18.0. The molecule has 0 saturated carbocycles. The summed E-state index contributed by atoms with van der Waals surface area (Å²) in [6.45, 7) is 0.781. The van der Waals surface area contributed by atoms with Gasteiger partial charge in [0.05, 0.1) is 19.4 Å². The average Bonchev–Trinajstić information content (AvgIpc) is 2.83. The number of methoxy groups -OCH3 is 1. The number of carbonyl (C=O) groups excluding carboxylic acids is 4. The Kier molecular flexibility index (Phi) is 7.96. The molecule has 1 aliphatic heterocycles. The molecule has 2 N–H and O–H groups in total. The second kappa shape index (κ2) is 11.1. The van der Waals surface area contributed by atoms with E-state index in [1.165, 1.54) is 7.11 Å². The molecule has 168 valence electrons. The number of hydrogen-bond acceptors (Lipinski definition) is 5. The fraction of sp³-hybridized carbons (Fsp3) is 0.333. The Bertz CT molecular complexity index is 977. The van der Waals surface area contributed by atoms with Crippen molar-refractivity contribution in [1.82, 2.24) is 10.2 Å². The molecule has 8 nitrogen and oxygen atoms in total. The first-order valence-electron chi connectivity index (χ1n) is 10.5. The Balaban J connectivity index is 1.56. The van der Waals surface area contributed by atoms with Gasteiger partial charge < -0.3 is 20.3 Å². The Labute approximate surface area is 186 Å². The van der Waals surface area contributed by atoms with E-state index in [9.17, 15) is 19.2 Å². The third-order valence-corrected chi connectivity index (χ3v) is 5.36. The molecular weight excluding hydrogens is 410 g/mol. The van der Waals surface area contributed by atoms with Crippen LogP contribution in [0.5, 0.6) is 0 Å². The van der Waals surface area contributed by atoms with E-state index in [1.807, 2.05) is 30.3 Å². The van der Waals surface area contributed by atoms with Crippen LogP contribution in [-0.4, -0.2) is 55.3 Å². The molecule has 0 radical (unpaired) electrons. The highest BCUT2D eigenvalue weighted by molar-refractivity contribution is 5.98. The van der Waals surface area contributed by atoms with Crippen molar-refractivity contribution >= 4 is 29.4 Å². The van der Waals surface area contributed by atoms with Crippen molar-refractivity contribution in [2.24, 2.45) is 5.92 Å². The van der Waals surface area contributed by atoms with Gasteiger partial charge in [0.2, 0.25) is 11.8 Å². The third kappa shape index (κ3) is 6.41. The van der Waals surface area contributed by atoms with Crippen LogP contribution in [0.3, 0.4) is 0 Å². The van der Waals surface area contributed by atoms with Crippen molar-refractivity contribution in [3.63, 3.8) is 0 Å². The molecule has 1 heterocycles. The minimum absolute atomic E-state index is 0.0120. The van der Waals surface area contributed by atoms with Gasteiger partial charge >= 0.3 is 5.97 Å². The quantitative estimate of drug-likeness (QED) is 0.645. The van der Waals surface area contributed by atoms with E-state index in [-0.39, 0.29) is 24.3 Å². The zero-order valence-electron chi connectivity index (χ0n) is 18.0. The number of amides is 3. The van der Waals surface area contributed by atoms with Crippen molar-refractivity contribution < 1.29 is 23.9 Å². The summed E-state index contributed by atoms with van der Waals surface area (Å²) >= 11 is 0. The number of ether oxygens (including phenoxy) is 1. The second-order valence-corrected chi connectivity index (χ2v) is 7.67. The van der Waals surface area contributed by atoms with E-state index in [0.717, 1.165) is 12.0 Å². The highest BCUT2D eigenvalue weighted by atomic mass is 16.5. The van der Waals surface area contributed by atoms with Crippen LogP contribution >= 0.6 is 0 Å². The predicted molar refractivity (Wildman–Crippen MR) is 119 cm³/mol. The molecule has 0 spiro atoms. The molecule has 8 heteroatoms. The van der Waals surface area contributed by atoms with E-state index in [0.29, 0.717) is 37.2 Å². The van der Waals surface area contributed by atoms with Crippen LogP contribution in [-0.2, 0) is 25.5 Å². The summed E-state index contributed by atoms with van der Waals surface area (Å²) in [7, 11) is 1.24. The molecule has 1 aliphatic rings. The predicted octanol–water partition coefficient (Wildman–Crippen LogP) is 2.01. The standard InChI is InChI=1S/C24H27N3O5/c1-32-22(29)15-25-23(30)18-9-5-11-20(14-18)26-24(31)19-10-6-12-27(16-19)21(28)13-17-7-3-2-4-8-17/h2-5,7-9,11,14,19H,6,10,12-13,15-16H2,1H3,(H,25,30)(H,26,31). The topological polar surface area (TPSA) is 105 Å². The van der Waals surface area contributed by atoms with E-state index >= 15 is 0 Å². The number of hydrogen-bond donors (Lipinski definition) is 2. The van der Waals surface area contributed by atoms with Gasteiger partial charge in [-0.3, -0.25) is 19.2 Å². The van der Waals surface area contributed by atoms with Crippen LogP contribution in [0, 0.1) is 5.92 Å². The van der Waals surface area contributed by atoms with Crippen molar-refractivity contribution in [3.8, 4) is 0 Å². The van der Waals surface area contributed by atoms with Crippen molar-refractivity contribution in [2.75, 3.05) is 32.1 Å². The number of rotatable bonds is 7. The number of anilines is 1. The summed E-state index contributed by atoms with van der Waals surface area (Å²) < 4.78 is 4.50. The first-order valence-corrected chi connectivity index (χ1v) is 10.5. The number of carbonyl (C=O) groups is 4. The molecule has 3 rings (SSSR count). The molecule has 2 aromatic carbocycles. The van der Waals surface area contributed by atoms with E-state index in [1.54, 1.807) is 29.2 Å².